The Kier molecular flexibility index (Phi) is 3.55. The highest BCUT2D eigenvalue weighted by atomic mass is 16.1. The molecule has 1 aromatic heterocycles. The van der Waals surface area contributed by atoms with Gasteiger partial charge in [-0.25, -0.2) is 4.98 Å². The second kappa shape index (κ2) is 5.33. The second-order valence-corrected chi connectivity index (χ2v) is 5.73. The molecule has 2 fully saturated rings. The Hall–Kier alpha value is -1.36. The first-order valence-electron chi connectivity index (χ1n) is 7.33. The van der Waals surface area contributed by atoms with Crippen molar-refractivity contribution in [3.05, 3.63) is 22.7 Å². The number of hydrogen-bond acceptors (Lipinski definition) is 4. The van der Waals surface area contributed by atoms with Crippen molar-refractivity contribution in [3.63, 3.8) is 0 Å². The van der Waals surface area contributed by atoms with Gasteiger partial charge in [0.1, 0.15) is 5.82 Å². The summed E-state index contributed by atoms with van der Waals surface area (Å²) in [7, 11) is 0. The van der Waals surface area contributed by atoms with E-state index in [-0.39, 0.29) is 5.56 Å². The van der Waals surface area contributed by atoms with Gasteiger partial charge in [-0.3, -0.25) is 4.79 Å². The number of rotatable bonds is 4. The highest BCUT2D eigenvalue weighted by molar-refractivity contribution is 5.38. The highest BCUT2D eigenvalue weighted by Gasteiger charge is 2.36. The van der Waals surface area contributed by atoms with Gasteiger partial charge in [0.15, 0.2) is 0 Å². The fraction of sp³-hybridized carbons (Fsp3) is 0.714. The Morgan fingerprint density at radius 2 is 2.11 bits per heavy atom. The van der Waals surface area contributed by atoms with Crippen LogP contribution in [0.3, 0.4) is 0 Å². The second-order valence-electron chi connectivity index (χ2n) is 5.73. The average molecular weight is 262 g/mol. The van der Waals surface area contributed by atoms with Crippen LogP contribution < -0.4 is 15.8 Å². The summed E-state index contributed by atoms with van der Waals surface area (Å²) < 4.78 is 0. The molecule has 0 aliphatic carbocycles. The quantitative estimate of drug-likeness (QED) is 0.858. The molecular weight excluding hydrogens is 240 g/mol. The van der Waals surface area contributed by atoms with Crippen molar-refractivity contribution < 1.29 is 0 Å². The minimum absolute atomic E-state index is 0.0667. The number of nitrogens with zero attached hydrogens (tertiary/aromatic N) is 2. The molecule has 2 unspecified atom stereocenters. The number of hydrogen-bond donors (Lipinski definition) is 2. The lowest BCUT2D eigenvalue weighted by molar-refractivity contribution is 0.345. The van der Waals surface area contributed by atoms with E-state index in [9.17, 15) is 4.79 Å². The van der Waals surface area contributed by atoms with Crippen molar-refractivity contribution in [1.82, 2.24) is 15.3 Å². The molecule has 0 spiro atoms. The molecule has 2 atom stereocenters. The third-order valence-corrected chi connectivity index (χ3v) is 4.31. The van der Waals surface area contributed by atoms with Crippen LogP contribution in [0.1, 0.15) is 39.0 Å². The van der Waals surface area contributed by atoms with Gasteiger partial charge < -0.3 is 15.2 Å². The van der Waals surface area contributed by atoms with Crippen molar-refractivity contribution in [2.75, 3.05) is 11.4 Å². The lowest BCUT2D eigenvalue weighted by atomic mass is 9.98. The molecule has 5 heteroatoms. The van der Waals surface area contributed by atoms with Gasteiger partial charge in [-0.15, -0.1) is 0 Å². The third kappa shape index (κ3) is 2.66. The first-order valence-corrected chi connectivity index (χ1v) is 7.33. The van der Waals surface area contributed by atoms with E-state index in [1.54, 1.807) is 6.07 Å². The summed E-state index contributed by atoms with van der Waals surface area (Å²) in [6.07, 6.45) is 7.52. The van der Waals surface area contributed by atoms with Crippen LogP contribution >= 0.6 is 0 Å². The number of aromatic nitrogens is 2. The molecule has 2 aliphatic heterocycles. The summed E-state index contributed by atoms with van der Waals surface area (Å²) >= 11 is 0. The standard InChI is InChI=1S/C14H22N4O/c1-2-5-18(13-8-14(19)16-9-15-13)12-6-10-3-4-11(7-12)17-10/h8-12,17H,2-7H2,1H3,(H,15,16,19). The Balaban J connectivity index is 1.82. The first kappa shape index (κ1) is 12.7. The monoisotopic (exact) mass is 262 g/mol. The zero-order valence-electron chi connectivity index (χ0n) is 11.4. The predicted octanol–water partition coefficient (Wildman–Crippen LogP) is 1.27. The van der Waals surface area contributed by atoms with Gasteiger partial charge in [0.05, 0.1) is 6.33 Å². The molecule has 2 N–H and O–H groups in total. The Bertz CT molecular complexity index is 474. The molecule has 3 heterocycles. The molecule has 0 amide bonds. The van der Waals surface area contributed by atoms with Crippen molar-refractivity contribution in [1.29, 1.82) is 0 Å². The molecule has 2 saturated heterocycles. The van der Waals surface area contributed by atoms with Gasteiger partial charge in [-0.2, -0.15) is 0 Å². The molecule has 1 aromatic rings. The largest absolute Gasteiger partial charge is 0.353 e. The van der Waals surface area contributed by atoms with Crippen molar-refractivity contribution in [2.45, 2.75) is 57.2 Å². The maximum Gasteiger partial charge on any atom is 0.252 e. The summed E-state index contributed by atoms with van der Waals surface area (Å²) in [6.45, 7) is 3.15. The van der Waals surface area contributed by atoms with Crippen LogP contribution in [0.5, 0.6) is 0 Å². The summed E-state index contributed by atoms with van der Waals surface area (Å²) in [5.41, 5.74) is -0.0667. The van der Waals surface area contributed by atoms with Crippen molar-refractivity contribution >= 4 is 5.82 Å². The minimum atomic E-state index is -0.0667. The Morgan fingerprint density at radius 3 is 2.74 bits per heavy atom. The number of H-pyrrole nitrogens is 1. The van der Waals surface area contributed by atoms with E-state index in [2.05, 4.69) is 27.1 Å². The number of anilines is 1. The van der Waals surface area contributed by atoms with Gasteiger partial charge in [0.25, 0.3) is 5.56 Å². The van der Waals surface area contributed by atoms with E-state index in [4.69, 9.17) is 0 Å². The van der Waals surface area contributed by atoms with Crippen LogP contribution in [0.15, 0.2) is 17.2 Å². The van der Waals surface area contributed by atoms with Gasteiger partial charge in [-0.05, 0) is 32.1 Å². The number of aromatic amines is 1. The smallest absolute Gasteiger partial charge is 0.252 e. The molecule has 2 aliphatic rings. The zero-order valence-corrected chi connectivity index (χ0v) is 11.4. The van der Waals surface area contributed by atoms with Crippen LogP contribution in [-0.2, 0) is 0 Å². The number of nitrogens with one attached hydrogen (secondary N) is 2. The highest BCUT2D eigenvalue weighted by Crippen LogP contribution is 2.31. The summed E-state index contributed by atoms with van der Waals surface area (Å²) in [5, 5.41) is 3.67. The third-order valence-electron chi connectivity index (χ3n) is 4.31. The Morgan fingerprint density at radius 1 is 1.37 bits per heavy atom. The van der Waals surface area contributed by atoms with Gasteiger partial charge in [-0.1, -0.05) is 6.92 Å². The number of piperidine rings is 1. The summed E-state index contributed by atoms with van der Waals surface area (Å²) in [6, 6.07) is 3.46. The predicted molar refractivity (Wildman–Crippen MR) is 75.5 cm³/mol. The van der Waals surface area contributed by atoms with Gasteiger partial charge in [0.2, 0.25) is 0 Å². The van der Waals surface area contributed by atoms with Crippen molar-refractivity contribution in [2.24, 2.45) is 0 Å². The fourth-order valence-electron chi connectivity index (χ4n) is 3.52. The van der Waals surface area contributed by atoms with Crippen molar-refractivity contribution in [3.8, 4) is 0 Å². The summed E-state index contributed by atoms with van der Waals surface area (Å²) in [4.78, 5) is 20.8. The maximum absolute atomic E-state index is 11.5. The zero-order chi connectivity index (χ0) is 13.2. The van der Waals surface area contributed by atoms with E-state index in [1.807, 2.05) is 0 Å². The van der Waals surface area contributed by atoms with E-state index in [0.717, 1.165) is 18.8 Å². The van der Waals surface area contributed by atoms with E-state index < -0.39 is 0 Å². The van der Waals surface area contributed by atoms with Crippen LogP contribution in [0.25, 0.3) is 0 Å². The van der Waals surface area contributed by atoms with Gasteiger partial charge >= 0.3 is 0 Å². The lowest BCUT2D eigenvalue weighted by Crippen LogP contribution is -2.49. The maximum atomic E-state index is 11.5. The van der Waals surface area contributed by atoms with Crippen LogP contribution in [0.2, 0.25) is 0 Å². The summed E-state index contributed by atoms with van der Waals surface area (Å²) in [5.74, 6) is 0.830. The molecule has 19 heavy (non-hydrogen) atoms. The Labute approximate surface area is 113 Å². The minimum Gasteiger partial charge on any atom is -0.353 e. The molecule has 0 saturated carbocycles. The van der Waals surface area contributed by atoms with Crippen LogP contribution in [0.4, 0.5) is 5.82 Å². The van der Waals surface area contributed by atoms with Gasteiger partial charge in [0, 0.05) is 30.7 Å². The lowest BCUT2D eigenvalue weighted by Gasteiger charge is -2.38. The molecule has 5 nitrogen and oxygen atoms in total. The molecule has 0 aromatic carbocycles. The molecule has 104 valence electrons. The molecule has 2 bridgehead atoms. The molecular formula is C14H22N4O. The number of fused-ring (bicyclic) bond motifs is 2. The van der Waals surface area contributed by atoms with E-state index in [1.165, 1.54) is 32.0 Å². The normalized spacial score (nSPS) is 29.4. The molecule has 3 rings (SSSR count). The average Bonchev–Trinajstić information content (AvgIpc) is 2.75. The topological polar surface area (TPSA) is 61.0 Å². The molecule has 0 radical (unpaired) electrons. The van der Waals surface area contributed by atoms with E-state index in [0.29, 0.717) is 18.1 Å². The fourth-order valence-corrected chi connectivity index (χ4v) is 3.52. The van der Waals surface area contributed by atoms with E-state index >= 15 is 0 Å². The van der Waals surface area contributed by atoms with Crippen LogP contribution in [-0.4, -0.2) is 34.6 Å². The van der Waals surface area contributed by atoms with Crippen LogP contribution in [0, 0.1) is 0 Å². The first-order chi connectivity index (χ1) is 9.26. The SMILES string of the molecule is CCCN(c1cc(=O)[nH]cn1)C1CC2CCC(C1)N2.